The van der Waals surface area contributed by atoms with Crippen LogP contribution >= 0.6 is 0 Å². The zero-order valence-corrected chi connectivity index (χ0v) is 18.6. The summed E-state index contributed by atoms with van der Waals surface area (Å²) in [5, 5.41) is 15.0. The number of ether oxygens (including phenoxy) is 2. The van der Waals surface area contributed by atoms with Gasteiger partial charge in [-0.15, -0.1) is 0 Å². The smallest absolute Gasteiger partial charge is 0.235 e. The molecule has 1 unspecified atom stereocenters. The van der Waals surface area contributed by atoms with E-state index in [1.54, 1.807) is 22.9 Å². The Morgan fingerprint density at radius 2 is 1.78 bits per heavy atom. The number of benzene rings is 2. The summed E-state index contributed by atoms with van der Waals surface area (Å²) in [6.07, 6.45) is 0.577. The first-order chi connectivity index (χ1) is 15.3. The molecule has 0 spiro atoms. The van der Waals surface area contributed by atoms with Crippen molar-refractivity contribution in [2.24, 2.45) is 0 Å². The molecule has 32 heavy (non-hydrogen) atoms. The molecule has 4 rings (SSSR count). The number of aromatic nitrogens is 2. The highest BCUT2D eigenvalue weighted by Crippen LogP contribution is 2.25. The Labute approximate surface area is 185 Å². The van der Waals surface area contributed by atoms with Gasteiger partial charge in [-0.05, 0) is 69.2 Å². The highest BCUT2D eigenvalue weighted by atomic mass is 16.5. The minimum absolute atomic E-state index is 0.0853. The van der Waals surface area contributed by atoms with Crippen molar-refractivity contribution in [3.63, 3.8) is 0 Å². The molecule has 0 saturated heterocycles. The molecule has 2 aromatic heterocycles. The van der Waals surface area contributed by atoms with E-state index in [2.05, 4.69) is 5.10 Å². The number of nitrogens with zero attached hydrogens (tertiary/aromatic N) is 2. The lowest BCUT2D eigenvalue weighted by molar-refractivity contribution is 0.0887. The molecule has 0 aliphatic heterocycles. The summed E-state index contributed by atoms with van der Waals surface area (Å²) in [5.74, 6) is 1.21. The number of fused-ring (bicyclic) bond motifs is 1. The molecule has 4 aromatic rings. The van der Waals surface area contributed by atoms with E-state index in [1.807, 2.05) is 52.0 Å². The van der Waals surface area contributed by atoms with Crippen molar-refractivity contribution in [2.45, 2.75) is 40.3 Å². The van der Waals surface area contributed by atoms with Crippen molar-refractivity contribution < 1.29 is 19.0 Å². The van der Waals surface area contributed by atoms with E-state index in [4.69, 9.17) is 13.9 Å². The summed E-state index contributed by atoms with van der Waals surface area (Å²) in [6, 6.07) is 12.7. The van der Waals surface area contributed by atoms with Crippen LogP contribution in [0.1, 0.15) is 22.5 Å². The van der Waals surface area contributed by atoms with E-state index in [0.717, 1.165) is 22.5 Å². The molecule has 7 nitrogen and oxygen atoms in total. The lowest BCUT2D eigenvalue weighted by Crippen LogP contribution is -2.24. The number of hydrogen-bond acceptors (Lipinski definition) is 6. The minimum Gasteiger partial charge on any atom is -0.491 e. The molecule has 166 valence electrons. The predicted molar refractivity (Wildman–Crippen MR) is 122 cm³/mol. The lowest BCUT2D eigenvalue weighted by Gasteiger charge is -2.14. The van der Waals surface area contributed by atoms with Gasteiger partial charge in [0.1, 0.15) is 36.1 Å². The SMILES string of the molecule is Cc1cc(C)cc(Oc2coc3cc(OCC(O)Cn4nc(C)cc4C)ccc3c2=O)c1. The van der Waals surface area contributed by atoms with Gasteiger partial charge >= 0.3 is 0 Å². The van der Waals surface area contributed by atoms with Gasteiger partial charge in [0.25, 0.3) is 0 Å². The number of aliphatic hydroxyl groups is 1. The van der Waals surface area contributed by atoms with Crippen molar-refractivity contribution in [3.8, 4) is 17.2 Å². The maximum Gasteiger partial charge on any atom is 0.235 e. The van der Waals surface area contributed by atoms with Gasteiger partial charge in [-0.1, -0.05) is 6.07 Å². The second-order valence-corrected chi connectivity index (χ2v) is 8.09. The predicted octanol–water partition coefficient (Wildman–Crippen LogP) is 4.46. The maximum absolute atomic E-state index is 12.8. The van der Waals surface area contributed by atoms with Gasteiger partial charge in [-0.2, -0.15) is 5.10 Å². The Balaban J connectivity index is 1.46. The van der Waals surface area contributed by atoms with Gasteiger partial charge in [-0.25, -0.2) is 0 Å². The van der Waals surface area contributed by atoms with Crippen LogP contribution in [-0.2, 0) is 6.54 Å². The molecular weight excluding hydrogens is 408 g/mol. The molecule has 0 fully saturated rings. The fourth-order valence-electron chi connectivity index (χ4n) is 3.67. The average molecular weight is 434 g/mol. The molecule has 0 aliphatic rings. The van der Waals surface area contributed by atoms with Crippen LogP contribution in [0, 0.1) is 27.7 Å². The minimum atomic E-state index is -0.732. The molecule has 0 aliphatic carbocycles. The molecule has 0 radical (unpaired) electrons. The molecule has 2 heterocycles. The third-order valence-corrected chi connectivity index (χ3v) is 5.07. The highest BCUT2D eigenvalue weighted by Gasteiger charge is 2.13. The molecule has 0 saturated carbocycles. The van der Waals surface area contributed by atoms with E-state index >= 15 is 0 Å². The average Bonchev–Trinajstić information content (AvgIpc) is 3.04. The number of rotatable bonds is 7. The van der Waals surface area contributed by atoms with Crippen LogP contribution in [0.5, 0.6) is 17.2 Å². The van der Waals surface area contributed by atoms with Crippen LogP contribution in [0.4, 0.5) is 0 Å². The lowest BCUT2D eigenvalue weighted by atomic mass is 10.1. The van der Waals surface area contributed by atoms with Crippen molar-refractivity contribution in [2.75, 3.05) is 6.61 Å². The van der Waals surface area contributed by atoms with Crippen LogP contribution in [-0.4, -0.2) is 27.6 Å². The number of aliphatic hydroxyl groups excluding tert-OH is 1. The first kappa shape index (κ1) is 21.6. The Bertz CT molecular complexity index is 1300. The fourth-order valence-corrected chi connectivity index (χ4v) is 3.67. The van der Waals surface area contributed by atoms with Gasteiger partial charge in [0.05, 0.1) is 17.6 Å². The van der Waals surface area contributed by atoms with Crippen LogP contribution in [0.15, 0.2) is 57.9 Å². The van der Waals surface area contributed by atoms with Gasteiger partial charge in [0, 0.05) is 11.8 Å². The first-order valence-electron chi connectivity index (χ1n) is 10.4. The topological polar surface area (TPSA) is 86.7 Å². The van der Waals surface area contributed by atoms with Crippen molar-refractivity contribution in [3.05, 3.63) is 81.5 Å². The molecular formula is C25H26N2O5. The molecule has 1 N–H and O–H groups in total. The van der Waals surface area contributed by atoms with Crippen LogP contribution in [0.25, 0.3) is 11.0 Å². The molecule has 2 aromatic carbocycles. The van der Waals surface area contributed by atoms with Crippen molar-refractivity contribution in [1.29, 1.82) is 0 Å². The van der Waals surface area contributed by atoms with E-state index in [9.17, 15) is 9.90 Å². The van der Waals surface area contributed by atoms with Gasteiger partial charge in [0.15, 0.2) is 0 Å². The zero-order valence-electron chi connectivity index (χ0n) is 18.6. The summed E-state index contributed by atoms with van der Waals surface area (Å²) in [6.45, 7) is 8.21. The second kappa shape index (κ2) is 8.88. The van der Waals surface area contributed by atoms with Crippen molar-refractivity contribution in [1.82, 2.24) is 9.78 Å². The van der Waals surface area contributed by atoms with E-state index < -0.39 is 6.10 Å². The monoisotopic (exact) mass is 434 g/mol. The highest BCUT2D eigenvalue weighted by molar-refractivity contribution is 5.79. The van der Waals surface area contributed by atoms with E-state index in [1.165, 1.54) is 6.26 Å². The van der Waals surface area contributed by atoms with Gasteiger partial charge < -0.3 is 19.0 Å². The fraction of sp³-hybridized carbons (Fsp3) is 0.280. The third-order valence-electron chi connectivity index (χ3n) is 5.07. The van der Waals surface area contributed by atoms with E-state index in [0.29, 0.717) is 29.0 Å². The summed E-state index contributed by atoms with van der Waals surface area (Å²) < 4.78 is 18.9. The van der Waals surface area contributed by atoms with Crippen molar-refractivity contribution >= 4 is 11.0 Å². The van der Waals surface area contributed by atoms with Crippen LogP contribution in [0.2, 0.25) is 0 Å². The quantitative estimate of drug-likeness (QED) is 0.462. The van der Waals surface area contributed by atoms with Crippen LogP contribution < -0.4 is 14.9 Å². The maximum atomic E-state index is 12.8. The summed E-state index contributed by atoms with van der Waals surface area (Å²) in [7, 11) is 0. The van der Waals surface area contributed by atoms with Gasteiger partial charge in [0.2, 0.25) is 11.2 Å². The normalized spacial score (nSPS) is 12.2. The third kappa shape index (κ3) is 4.84. The Kier molecular flexibility index (Phi) is 6.01. The van der Waals surface area contributed by atoms with E-state index in [-0.39, 0.29) is 17.8 Å². The molecule has 1 atom stereocenters. The van der Waals surface area contributed by atoms with Gasteiger partial charge in [-0.3, -0.25) is 9.48 Å². The first-order valence-corrected chi connectivity index (χ1v) is 10.4. The largest absolute Gasteiger partial charge is 0.491 e. The Morgan fingerprint density at radius 3 is 2.47 bits per heavy atom. The molecule has 7 heteroatoms. The number of hydrogen-bond donors (Lipinski definition) is 1. The summed E-state index contributed by atoms with van der Waals surface area (Å²) >= 11 is 0. The summed E-state index contributed by atoms with van der Waals surface area (Å²) in [5.41, 5.74) is 4.10. The Hall–Kier alpha value is -3.58. The standard InChI is InChI=1S/C25H26N2O5/c1-15-7-16(2)9-21(8-15)32-24-14-31-23-11-20(5-6-22(23)25(24)29)30-13-19(28)12-27-18(4)10-17(3)26-27/h5-11,14,19,28H,12-13H2,1-4H3. The van der Waals surface area contributed by atoms with Crippen LogP contribution in [0.3, 0.4) is 0 Å². The summed E-state index contributed by atoms with van der Waals surface area (Å²) in [4.78, 5) is 12.8. The molecule has 0 amide bonds. The zero-order chi connectivity index (χ0) is 22.8. The Morgan fingerprint density at radius 1 is 1.03 bits per heavy atom. The second-order valence-electron chi connectivity index (χ2n) is 8.09. The number of aryl methyl sites for hydroxylation is 4. The molecule has 0 bridgehead atoms.